The monoisotopic (exact) mass is 494 g/mol. The van der Waals surface area contributed by atoms with Gasteiger partial charge in [-0.1, -0.05) is 18.3 Å². The fourth-order valence-corrected chi connectivity index (χ4v) is 8.78. The lowest BCUT2D eigenvalue weighted by atomic mass is 9.54. The largest absolute Gasteiger partial charge is 0.507 e. The maximum absolute atomic E-state index is 11.5. The summed E-state index contributed by atoms with van der Waals surface area (Å²) in [5.41, 5.74) is 12.2. The molecule has 2 fully saturated rings. The van der Waals surface area contributed by atoms with Crippen molar-refractivity contribution in [1.29, 1.82) is 0 Å². The number of rotatable bonds is 2. The summed E-state index contributed by atoms with van der Waals surface area (Å²) in [7, 11) is 1.58. The highest BCUT2D eigenvalue weighted by molar-refractivity contribution is 7.22. The molecular weight excluding hydrogens is 460 g/mol. The third-order valence-corrected chi connectivity index (χ3v) is 10.7. The Kier molecular flexibility index (Phi) is 5.07. The van der Waals surface area contributed by atoms with Crippen LogP contribution >= 0.6 is 11.3 Å². The first-order valence-electron chi connectivity index (χ1n) is 12.7. The molecule has 0 unspecified atom stereocenters. The van der Waals surface area contributed by atoms with Gasteiger partial charge < -0.3 is 25.8 Å². The van der Waals surface area contributed by atoms with Crippen molar-refractivity contribution < 1.29 is 20.1 Å². The third kappa shape index (κ3) is 3.00. The van der Waals surface area contributed by atoms with Crippen LogP contribution in [-0.4, -0.2) is 33.5 Å². The van der Waals surface area contributed by atoms with E-state index in [0.29, 0.717) is 34.2 Å². The predicted molar refractivity (Wildman–Crippen MR) is 139 cm³/mol. The molecule has 6 nitrogen and oxygen atoms in total. The molecule has 7 heteroatoms. The number of aromatic hydroxyl groups is 2. The van der Waals surface area contributed by atoms with Crippen LogP contribution in [0.2, 0.25) is 0 Å². The summed E-state index contributed by atoms with van der Waals surface area (Å²) in [5.74, 6) is 1.95. The molecule has 3 aliphatic carbocycles. The fourth-order valence-electron chi connectivity index (χ4n) is 7.89. The van der Waals surface area contributed by atoms with Crippen molar-refractivity contribution >= 4 is 26.7 Å². The van der Waals surface area contributed by atoms with E-state index in [1.807, 2.05) is 19.9 Å². The van der Waals surface area contributed by atoms with Crippen molar-refractivity contribution in [1.82, 2.24) is 4.98 Å². The van der Waals surface area contributed by atoms with Gasteiger partial charge in [0, 0.05) is 16.7 Å². The molecule has 0 saturated heterocycles. The number of aliphatic hydroxyl groups excluding tert-OH is 1. The van der Waals surface area contributed by atoms with Crippen LogP contribution in [0.25, 0.3) is 21.3 Å². The first kappa shape index (κ1) is 22.9. The van der Waals surface area contributed by atoms with Crippen LogP contribution in [0.3, 0.4) is 0 Å². The number of phenolic OH excluding ortho intramolecular Hbond substituents is 2. The van der Waals surface area contributed by atoms with Gasteiger partial charge in [0.2, 0.25) is 0 Å². The highest BCUT2D eigenvalue weighted by atomic mass is 32.1. The van der Waals surface area contributed by atoms with Gasteiger partial charge >= 0.3 is 0 Å². The maximum Gasteiger partial charge on any atom is 0.181 e. The molecule has 0 radical (unpaired) electrons. The predicted octanol–water partition coefficient (Wildman–Crippen LogP) is 5.80. The summed E-state index contributed by atoms with van der Waals surface area (Å²) >= 11 is 1.38. The van der Waals surface area contributed by atoms with E-state index in [9.17, 15) is 15.3 Å². The normalized spacial score (nSPS) is 29.6. The quantitative estimate of drug-likeness (QED) is 0.359. The first-order valence-corrected chi connectivity index (χ1v) is 13.5. The van der Waals surface area contributed by atoms with Gasteiger partial charge in [-0.3, -0.25) is 0 Å². The molecule has 5 N–H and O–H groups in total. The molecule has 3 aliphatic rings. The molecule has 1 heterocycles. The molecule has 2 saturated carbocycles. The van der Waals surface area contributed by atoms with E-state index in [4.69, 9.17) is 10.5 Å². The average Bonchev–Trinajstić information content (AvgIpc) is 3.37. The number of nitrogens with zero attached hydrogens (tertiary/aromatic N) is 1. The topological polar surface area (TPSA) is 109 Å². The zero-order valence-electron chi connectivity index (χ0n) is 20.8. The highest BCUT2D eigenvalue weighted by Gasteiger charge is 2.55. The number of methoxy groups -OCH3 is 1. The van der Waals surface area contributed by atoms with Gasteiger partial charge in [0.1, 0.15) is 5.75 Å². The van der Waals surface area contributed by atoms with Crippen LogP contribution in [0.4, 0.5) is 5.13 Å². The molecule has 186 valence electrons. The molecule has 6 rings (SSSR count). The minimum absolute atomic E-state index is 0.0223. The van der Waals surface area contributed by atoms with Gasteiger partial charge in [0.15, 0.2) is 16.6 Å². The Morgan fingerprint density at radius 3 is 2.63 bits per heavy atom. The highest BCUT2D eigenvalue weighted by Crippen LogP contribution is 2.63. The second-order valence-electron chi connectivity index (χ2n) is 11.1. The van der Waals surface area contributed by atoms with E-state index in [1.54, 1.807) is 7.11 Å². The number of hydrogen-bond donors (Lipinski definition) is 4. The van der Waals surface area contributed by atoms with Crippen LogP contribution in [0.15, 0.2) is 6.07 Å². The van der Waals surface area contributed by atoms with Crippen LogP contribution in [0.1, 0.15) is 67.2 Å². The number of aryl methyl sites for hydroxylation is 3. The van der Waals surface area contributed by atoms with E-state index >= 15 is 0 Å². The molecule has 0 amide bonds. The summed E-state index contributed by atoms with van der Waals surface area (Å²) in [6, 6.07) is 1.86. The summed E-state index contributed by atoms with van der Waals surface area (Å²) < 4.78 is 6.71. The van der Waals surface area contributed by atoms with Gasteiger partial charge in [-0.2, -0.15) is 0 Å². The molecule has 1 aromatic heterocycles. The third-order valence-electron chi connectivity index (χ3n) is 9.65. The second-order valence-corrected chi connectivity index (χ2v) is 12.2. The Labute approximate surface area is 209 Å². The van der Waals surface area contributed by atoms with Crippen molar-refractivity contribution in [2.75, 3.05) is 12.8 Å². The molecule has 2 aromatic carbocycles. The van der Waals surface area contributed by atoms with Crippen molar-refractivity contribution in [3.05, 3.63) is 28.3 Å². The number of benzene rings is 2. The lowest BCUT2D eigenvalue weighted by Crippen LogP contribution is -2.44. The number of phenols is 2. The molecular formula is C28H34N2O4S. The standard InChI is InChI=1S/C28H34N2O4S/c1-12-20(24(33)13(2)26-23(12)30-27(29)35-26)22-21-14(11-18(31)25(22)34-4)5-6-15-16(21)9-10-28(3)17(15)7-8-19(28)32/h11,15-17,19,31-33H,5-10H2,1-4H3,(H2,29,30)/t15-,16+,17+,19-,28+/m1/s1. The lowest BCUT2D eigenvalue weighted by Gasteiger charge is -2.50. The van der Waals surface area contributed by atoms with Crippen LogP contribution in [-0.2, 0) is 6.42 Å². The zero-order valence-corrected chi connectivity index (χ0v) is 21.6. The number of hydrogen-bond acceptors (Lipinski definition) is 7. The Morgan fingerprint density at radius 2 is 1.89 bits per heavy atom. The van der Waals surface area contributed by atoms with Gasteiger partial charge in [-0.25, -0.2) is 4.98 Å². The number of fused-ring (bicyclic) bond motifs is 6. The average molecular weight is 495 g/mol. The van der Waals surface area contributed by atoms with Gasteiger partial charge in [-0.15, -0.1) is 0 Å². The summed E-state index contributed by atoms with van der Waals surface area (Å²) in [6.07, 6.45) is 5.60. The molecule has 0 aliphatic heterocycles. The SMILES string of the molecule is COc1c(O)cc2c(c1-c1c(O)c(C)c3sc(N)nc3c1C)[C@H]1CC[C@]3(C)[C@H](O)CC[C@H]3[C@@H]1CC2. The molecule has 3 aromatic rings. The Balaban J connectivity index is 1.63. The van der Waals surface area contributed by atoms with E-state index in [-0.39, 0.29) is 23.0 Å². The van der Waals surface area contributed by atoms with E-state index in [1.165, 1.54) is 16.9 Å². The maximum atomic E-state index is 11.5. The number of nitrogen functional groups attached to an aromatic ring is 1. The fraction of sp³-hybridized carbons (Fsp3) is 0.536. The van der Waals surface area contributed by atoms with E-state index in [0.717, 1.165) is 71.0 Å². The van der Waals surface area contributed by atoms with E-state index in [2.05, 4.69) is 11.9 Å². The number of nitrogens with two attached hydrogens (primary N) is 1. The second kappa shape index (κ2) is 7.74. The van der Waals surface area contributed by atoms with E-state index < -0.39 is 0 Å². The smallest absolute Gasteiger partial charge is 0.181 e. The number of thiazole rings is 1. The Bertz CT molecular complexity index is 1370. The van der Waals surface area contributed by atoms with Crippen LogP contribution in [0.5, 0.6) is 17.2 Å². The molecule has 35 heavy (non-hydrogen) atoms. The van der Waals surface area contributed by atoms with Crippen LogP contribution < -0.4 is 10.5 Å². The minimum Gasteiger partial charge on any atom is -0.507 e. The van der Waals surface area contributed by atoms with Crippen molar-refractivity contribution in [2.45, 2.75) is 71.3 Å². The first-order chi connectivity index (χ1) is 16.7. The zero-order chi connectivity index (χ0) is 24.8. The van der Waals surface area contributed by atoms with Crippen LogP contribution in [0, 0.1) is 31.1 Å². The number of aliphatic hydroxyl groups is 1. The minimum atomic E-state index is -0.227. The number of anilines is 1. The van der Waals surface area contributed by atoms with Crippen molar-refractivity contribution in [3.63, 3.8) is 0 Å². The van der Waals surface area contributed by atoms with Gasteiger partial charge in [-0.05, 0) is 98.3 Å². The molecule has 0 spiro atoms. The van der Waals surface area contributed by atoms with Gasteiger partial charge in [0.25, 0.3) is 0 Å². The molecule has 0 bridgehead atoms. The summed E-state index contributed by atoms with van der Waals surface area (Å²) in [4.78, 5) is 4.59. The van der Waals surface area contributed by atoms with Gasteiger partial charge in [0.05, 0.1) is 23.4 Å². The Hall–Kier alpha value is -2.51. The van der Waals surface area contributed by atoms with Crippen molar-refractivity contribution in [2.24, 2.45) is 17.3 Å². The summed E-state index contributed by atoms with van der Waals surface area (Å²) in [5, 5.41) is 33.9. The molecule has 5 atom stereocenters. The lowest BCUT2D eigenvalue weighted by molar-refractivity contribution is -0.0225. The summed E-state index contributed by atoms with van der Waals surface area (Å²) in [6.45, 7) is 6.14. The van der Waals surface area contributed by atoms with Crippen molar-refractivity contribution in [3.8, 4) is 28.4 Å². The number of ether oxygens (including phenoxy) is 1. The number of aromatic nitrogens is 1. The Morgan fingerprint density at radius 1 is 1.11 bits per heavy atom.